The van der Waals surface area contributed by atoms with Crippen LogP contribution in [0.25, 0.3) is 0 Å². The molecule has 1 aromatic carbocycles. The van der Waals surface area contributed by atoms with Gasteiger partial charge in [0.25, 0.3) is 5.56 Å². The van der Waals surface area contributed by atoms with Gasteiger partial charge in [-0.05, 0) is 18.2 Å². The minimum atomic E-state index is -1.11. The summed E-state index contributed by atoms with van der Waals surface area (Å²) in [5, 5.41) is 9.62. The van der Waals surface area contributed by atoms with Gasteiger partial charge in [0, 0.05) is 16.0 Å². The van der Waals surface area contributed by atoms with Crippen molar-refractivity contribution in [1.29, 1.82) is 0 Å². The zero-order valence-electron chi connectivity index (χ0n) is 9.38. The second-order valence-electron chi connectivity index (χ2n) is 3.52. The minimum Gasteiger partial charge on any atom is -0.478 e. The third-order valence-corrected chi connectivity index (χ3v) is 3.32. The van der Waals surface area contributed by atoms with Gasteiger partial charge in [-0.1, -0.05) is 23.4 Å². The molecule has 4 N–H and O–H groups in total. The van der Waals surface area contributed by atoms with Gasteiger partial charge >= 0.3 is 5.97 Å². The Labute approximate surface area is 116 Å². The van der Waals surface area contributed by atoms with Crippen LogP contribution in [-0.4, -0.2) is 21.0 Å². The first-order chi connectivity index (χ1) is 8.95. The van der Waals surface area contributed by atoms with Gasteiger partial charge in [0.2, 0.25) is 0 Å². The lowest BCUT2D eigenvalue weighted by Crippen LogP contribution is -2.09. The second kappa shape index (κ2) is 5.33. The fourth-order valence-corrected chi connectivity index (χ4v) is 2.44. The van der Waals surface area contributed by atoms with E-state index < -0.39 is 11.5 Å². The predicted molar refractivity (Wildman–Crippen MR) is 71.8 cm³/mol. The van der Waals surface area contributed by atoms with Gasteiger partial charge in [-0.25, -0.2) is 9.78 Å². The molecule has 0 saturated heterocycles. The number of carboxylic acids is 1. The summed E-state index contributed by atoms with van der Waals surface area (Å²) < 4.78 is 0. The zero-order valence-corrected chi connectivity index (χ0v) is 11.0. The van der Waals surface area contributed by atoms with Crippen LogP contribution >= 0.6 is 23.4 Å². The molecule has 19 heavy (non-hydrogen) atoms. The average molecular weight is 298 g/mol. The van der Waals surface area contributed by atoms with Gasteiger partial charge in [-0.2, -0.15) is 0 Å². The van der Waals surface area contributed by atoms with Crippen molar-refractivity contribution in [3.8, 4) is 0 Å². The fourth-order valence-electron chi connectivity index (χ4n) is 1.36. The van der Waals surface area contributed by atoms with Crippen LogP contribution in [0.15, 0.2) is 39.1 Å². The Balaban J connectivity index is 2.43. The number of nitrogens with two attached hydrogens (primary N) is 1. The van der Waals surface area contributed by atoms with Crippen LogP contribution in [0.5, 0.6) is 0 Å². The Morgan fingerprint density at radius 3 is 2.79 bits per heavy atom. The summed E-state index contributed by atoms with van der Waals surface area (Å²) in [7, 11) is 0. The molecule has 8 heteroatoms. The van der Waals surface area contributed by atoms with Crippen molar-refractivity contribution in [3.05, 3.63) is 45.2 Å². The maximum atomic E-state index is 11.2. The Morgan fingerprint density at radius 2 is 2.16 bits per heavy atom. The highest BCUT2D eigenvalue weighted by Crippen LogP contribution is 2.29. The number of hydrogen-bond acceptors (Lipinski definition) is 5. The number of nitrogen functional groups attached to an aromatic ring is 1. The molecule has 0 fully saturated rings. The van der Waals surface area contributed by atoms with Crippen molar-refractivity contribution in [2.45, 2.75) is 10.1 Å². The van der Waals surface area contributed by atoms with Gasteiger partial charge in [-0.3, -0.25) is 4.79 Å². The van der Waals surface area contributed by atoms with Crippen LogP contribution in [0.3, 0.4) is 0 Å². The molecule has 0 aliphatic carbocycles. The average Bonchev–Trinajstić information content (AvgIpc) is 2.30. The number of benzene rings is 1. The van der Waals surface area contributed by atoms with Crippen molar-refractivity contribution in [3.63, 3.8) is 0 Å². The number of nitrogens with one attached hydrogen (secondary N) is 1. The lowest BCUT2D eigenvalue weighted by atomic mass is 10.2. The smallest absolute Gasteiger partial charge is 0.336 e. The normalized spacial score (nSPS) is 10.4. The molecule has 2 aromatic rings. The Hall–Kier alpha value is -1.99. The summed E-state index contributed by atoms with van der Waals surface area (Å²) in [5.41, 5.74) is 5.08. The van der Waals surface area contributed by atoms with Crippen molar-refractivity contribution in [1.82, 2.24) is 9.97 Å². The lowest BCUT2D eigenvalue weighted by Gasteiger charge is -2.05. The van der Waals surface area contributed by atoms with Crippen LogP contribution in [0.4, 0.5) is 5.82 Å². The summed E-state index contributed by atoms with van der Waals surface area (Å²) in [6.45, 7) is 0. The van der Waals surface area contributed by atoms with Crippen LogP contribution in [0.2, 0.25) is 5.02 Å². The molecule has 0 amide bonds. The molecule has 0 bridgehead atoms. The molecule has 0 spiro atoms. The van der Waals surface area contributed by atoms with E-state index in [4.69, 9.17) is 22.4 Å². The standard InChI is InChI=1S/C11H8ClN3O3S/c12-5-1-2-7(6(3-5)10(17)18)19-11-14-8(13)4-9(16)15-11/h1-4H,(H,17,18)(H3,13,14,15,16). The van der Waals surface area contributed by atoms with Crippen LogP contribution in [0, 0.1) is 0 Å². The van der Waals surface area contributed by atoms with Crippen molar-refractivity contribution >= 4 is 35.1 Å². The Bertz CT molecular complexity index is 702. The highest BCUT2D eigenvalue weighted by atomic mass is 35.5. The van der Waals surface area contributed by atoms with Crippen LogP contribution in [-0.2, 0) is 0 Å². The molecule has 0 unspecified atom stereocenters. The number of carboxylic acid groups (broad SMARTS) is 1. The van der Waals surface area contributed by atoms with E-state index in [-0.39, 0.29) is 16.5 Å². The maximum absolute atomic E-state index is 11.2. The summed E-state index contributed by atoms with van der Waals surface area (Å²) >= 11 is 6.74. The van der Waals surface area contributed by atoms with Gasteiger partial charge < -0.3 is 15.8 Å². The molecular formula is C11H8ClN3O3S. The number of aromatic amines is 1. The number of hydrogen-bond donors (Lipinski definition) is 3. The first-order valence-corrected chi connectivity index (χ1v) is 6.22. The lowest BCUT2D eigenvalue weighted by molar-refractivity contribution is 0.0693. The monoisotopic (exact) mass is 297 g/mol. The highest BCUT2D eigenvalue weighted by molar-refractivity contribution is 7.99. The number of aromatic nitrogens is 2. The SMILES string of the molecule is Nc1cc(=O)[nH]c(Sc2ccc(Cl)cc2C(=O)O)n1. The van der Waals surface area contributed by atoms with Crippen molar-refractivity contribution in [2.75, 3.05) is 5.73 Å². The van der Waals surface area contributed by atoms with E-state index in [1.165, 1.54) is 6.07 Å². The van der Waals surface area contributed by atoms with E-state index in [0.717, 1.165) is 17.8 Å². The third kappa shape index (κ3) is 3.27. The molecule has 2 rings (SSSR count). The number of aromatic carboxylic acids is 1. The van der Waals surface area contributed by atoms with E-state index in [1.807, 2.05) is 0 Å². The van der Waals surface area contributed by atoms with Crippen LogP contribution in [0.1, 0.15) is 10.4 Å². The van der Waals surface area contributed by atoms with Crippen molar-refractivity contribution in [2.24, 2.45) is 0 Å². The van der Waals surface area contributed by atoms with Gasteiger partial charge in [0.05, 0.1) is 5.56 Å². The number of H-pyrrole nitrogens is 1. The van der Waals surface area contributed by atoms with Gasteiger partial charge in [-0.15, -0.1) is 0 Å². The third-order valence-electron chi connectivity index (χ3n) is 2.12. The van der Waals surface area contributed by atoms with E-state index in [0.29, 0.717) is 9.92 Å². The molecule has 0 saturated carbocycles. The van der Waals surface area contributed by atoms with E-state index in [9.17, 15) is 9.59 Å². The molecule has 0 atom stereocenters. The summed E-state index contributed by atoms with van der Waals surface area (Å²) in [5.74, 6) is -1.05. The van der Waals surface area contributed by atoms with E-state index in [1.54, 1.807) is 12.1 Å². The molecule has 98 valence electrons. The quantitative estimate of drug-likeness (QED) is 0.746. The highest BCUT2D eigenvalue weighted by Gasteiger charge is 2.13. The molecular weight excluding hydrogens is 290 g/mol. The predicted octanol–water partition coefficient (Wildman–Crippen LogP) is 1.85. The first-order valence-electron chi connectivity index (χ1n) is 5.03. The Kier molecular flexibility index (Phi) is 3.77. The number of carbonyl (C=O) groups is 1. The summed E-state index contributed by atoms with van der Waals surface area (Å²) in [6, 6.07) is 5.57. The minimum absolute atomic E-state index is 0.0302. The second-order valence-corrected chi connectivity index (χ2v) is 4.99. The summed E-state index contributed by atoms with van der Waals surface area (Å²) in [6.07, 6.45) is 0. The van der Waals surface area contributed by atoms with Crippen LogP contribution < -0.4 is 11.3 Å². The number of halogens is 1. The number of anilines is 1. The molecule has 1 heterocycles. The molecule has 6 nitrogen and oxygen atoms in total. The topological polar surface area (TPSA) is 109 Å². The molecule has 0 aliphatic rings. The number of nitrogens with zero attached hydrogens (tertiary/aromatic N) is 1. The first kappa shape index (κ1) is 13.4. The summed E-state index contributed by atoms with van der Waals surface area (Å²) in [4.78, 5) is 29.1. The Morgan fingerprint density at radius 1 is 1.42 bits per heavy atom. The molecule has 0 radical (unpaired) electrons. The van der Waals surface area contributed by atoms with Gasteiger partial charge in [0.1, 0.15) is 5.82 Å². The number of rotatable bonds is 3. The van der Waals surface area contributed by atoms with E-state index >= 15 is 0 Å². The van der Waals surface area contributed by atoms with Crippen molar-refractivity contribution < 1.29 is 9.90 Å². The molecule has 0 aliphatic heterocycles. The van der Waals surface area contributed by atoms with Gasteiger partial charge in [0.15, 0.2) is 5.16 Å². The zero-order chi connectivity index (χ0) is 14.0. The largest absolute Gasteiger partial charge is 0.478 e. The fraction of sp³-hybridized carbons (Fsp3) is 0. The van der Waals surface area contributed by atoms with E-state index in [2.05, 4.69) is 9.97 Å². The molecule has 1 aromatic heterocycles. The maximum Gasteiger partial charge on any atom is 0.336 e.